The number of anilines is 2. The second kappa shape index (κ2) is 4.66. The van der Waals surface area contributed by atoms with Crippen LogP contribution in [0.2, 0.25) is 0 Å². The Morgan fingerprint density at radius 1 is 1.19 bits per heavy atom. The standard InChI is InChI=1S/C13H15N3/c1-10-2-4-12(5-3-10)16-8-11-6-7-15-9-13(11)14/h2-7,9,16H,8,14H2,1H3. The van der Waals surface area contributed by atoms with Crippen molar-refractivity contribution in [2.24, 2.45) is 0 Å². The second-order valence-corrected chi connectivity index (χ2v) is 3.79. The summed E-state index contributed by atoms with van der Waals surface area (Å²) in [6.07, 6.45) is 3.43. The molecule has 1 heterocycles. The highest BCUT2D eigenvalue weighted by Gasteiger charge is 1.97. The number of hydrogen-bond donors (Lipinski definition) is 2. The molecule has 0 saturated carbocycles. The smallest absolute Gasteiger partial charge is 0.0551 e. The predicted octanol–water partition coefficient (Wildman–Crippen LogP) is 2.58. The summed E-state index contributed by atoms with van der Waals surface area (Å²) in [5, 5.41) is 3.32. The van der Waals surface area contributed by atoms with Crippen LogP contribution in [0, 0.1) is 6.92 Å². The lowest BCUT2D eigenvalue weighted by molar-refractivity contribution is 1.13. The van der Waals surface area contributed by atoms with Gasteiger partial charge in [0.2, 0.25) is 0 Å². The Kier molecular flexibility index (Phi) is 3.05. The molecule has 3 N–H and O–H groups in total. The molecular formula is C13H15N3. The number of aromatic nitrogens is 1. The monoisotopic (exact) mass is 213 g/mol. The third-order valence-corrected chi connectivity index (χ3v) is 2.48. The van der Waals surface area contributed by atoms with Gasteiger partial charge in [-0.15, -0.1) is 0 Å². The summed E-state index contributed by atoms with van der Waals surface area (Å²) in [5.74, 6) is 0. The van der Waals surface area contributed by atoms with Crippen LogP contribution in [0.5, 0.6) is 0 Å². The molecule has 0 atom stereocenters. The number of nitrogen functional groups attached to an aromatic ring is 1. The molecule has 0 aliphatic rings. The van der Waals surface area contributed by atoms with E-state index in [-0.39, 0.29) is 0 Å². The minimum absolute atomic E-state index is 0.720. The van der Waals surface area contributed by atoms with Gasteiger partial charge in [0.15, 0.2) is 0 Å². The van der Waals surface area contributed by atoms with Crippen molar-refractivity contribution in [3.63, 3.8) is 0 Å². The largest absolute Gasteiger partial charge is 0.397 e. The van der Waals surface area contributed by atoms with Crippen LogP contribution in [0.15, 0.2) is 42.7 Å². The van der Waals surface area contributed by atoms with E-state index >= 15 is 0 Å². The molecule has 2 rings (SSSR count). The summed E-state index contributed by atoms with van der Waals surface area (Å²) in [5.41, 5.74) is 9.95. The summed E-state index contributed by atoms with van der Waals surface area (Å²) < 4.78 is 0. The number of aryl methyl sites for hydroxylation is 1. The number of hydrogen-bond acceptors (Lipinski definition) is 3. The zero-order valence-electron chi connectivity index (χ0n) is 9.27. The van der Waals surface area contributed by atoms with Crippen LogP contribution in [0.1, 0.15) is 11.1 Å². The van der Waals surface area contributed by atoms with Crippen LogP contribution in [0.25, 0.3) is 0 Å². The quantitative estimate of drug-likeness (QED) is 0.824. The van der Waals surface area contributed by atoms with Crippen molar-refractivity contribution in [2.45, 2.75) is 13.5 Å². The number of nitrogens with two attached hydrogens (primary N) is 1. The van der Waals surface area contributed by atoms with Crippen molar-refractivity contribution < 1.29 is 0 Å². The summed E-state index contributed by atoms with van der Waals surface area (Å²) in [7, 11) is 0. The Morgan fingerprint density at radius 2 is 1.94 bits per heavy atom. The molecule has 0 unspecified atom stereocenters. The first-order valence-corrected chi connectivity index (χ1v) is 5.24. The molecule has 82 valence electrons. The van der Waals surface area contributed by atoms with Gasteiger partial charge in [0, 0.05) is 18.4 Å². The average Bonchev–Trinajstić information content (AvgIpc) is 2.30. The molecular weight excluding hydrogens is 198 g/mol. The molecule has 0 fully saturated rings. The summed E-state index contributed by atoms with van der Waals surface area (Å²) in [6, 6.07) is 10.2. The minimum atomic E-state index is 0.720. The Morgan fingerprint density at radius 3 is 2.62 bits per heavy atom. The number of rotatable bonds is 3. The topological polar surface area (TPSA) is 50.9 Å². The first-order chi connectivity index (χ1) is 7.75. The molecule has 1 aromatic heterocycles. The van der Waals surface area contributed by atoms with Gasteiger partial charge >= 0.3 is 0 Å². The van der Waals surface area contributed by atoms with Gasteiger partial charge in [0.05, 0.1) is 11.9 Å². The second-order valence-electron chi connectivity index (χ2n) is 3.79. The minimum Gasteiger partial charge on any atom is -0.397 e. The van der Waals surface area contributed by atoms with Crippen molar-refractivity contribution in [1.29, 1.82) is 0 Å². The van der Waals surface area contributed by atoms with Gasteiger partial charge in [-0.3, -0.25) is 4.98 Å². The van der Waals surface area contributed by atoms with Gasteiger partial charge in [-0.2, -0.15) is 0 Å². The first kappa shape index (κ1) is 10.5. The van der Waals surface area contributed by atoms with Gasteiger partial charge in [0.25, 0.3) is 0 Å². The number of nitrogens with zero attached hydrogens (tertiary/aromatic N) is 1. The van der Waals surface area contributed by atoms with Crippen molar-refractivity contribution in [1.82, 2.24) is 4.98 Å². The van der Waals surface area contributed by atoms with E-state index in [1.54, 1.807) is 12.4 Å². The van der Waals surface area contributed by atoms with E-state index in [4.69, 9.17) is 5.73 Å². The SMILES string of the molecule is Cc1ccc(NCc2ccncc2N)cc1. The fraction of sp³-hybridized carbons (Fsp3) is 0.154. The molecule has 0 saturated heterocycles. The molecule has 0 bridgehead atoms. The molecule has 0 aliphatic carbocycles. The lowest BCUT2D eigenvalue weighted by Gasteiger charge is -2.08. The summed E-state index contributed by atoms with van der Waals surface area (Å²) in [6.45, 7) is 2.79. The molecule has 1 aromatic carbocycles. The van der Waals surface area contributed by atoms with Crippen molar-refractivity contribution >= 4 is 11.4 Å². The van der Waals surface area contributed by atoms with Crippen LogP contribution in [0.4, 0.5) is 11.4 Å². The van der Waals surface area contributed by atoms with Gasteiger partial charge in [-0.25, -0.2) is 0 Å². The van der Waals surface area contributed by atoms with Crippen LogP contribution in [0.3, 0.4) is 0 Å². The summed E-state index contributed by atoms with van der Waals surface area (Å²) >= 11 is 0. The maximum Gasteiger partial charge on any atom is 0.0551 e. The maximum atomic E-state index is 5.81. The van der Waals surface area contributed by atoms with Crippen molar-refractivity contribution in [3.05, 3.63) is 53.9 Å². The van der Waals surface area contributed by atoms with E-state index in [9.17, 15) is 0 Å². The van der Waals surface area contributed by atoms with Gasteiger partial charge in [0.1, 0.15) is 0 Å². The molecule has 2 aromatic rings. The highest BCUT2D eigenvalue weighted by Crippen LogP contribution is 2.13. The zero-order chi connectivity index (χ0) is 11.4. The normalized spacial score (nSPS) is 10.1. The fourth-order valence-electron chi connectivity index (χ4n) is 1.47. The van der Waals surface area contributed by atoms with E-state index in [1.807, 2.05) is 6.07 Å². The highest BCUT2D eigenvalue weighted by atomic mass is 14.9. The van der Waals surface area contributed by atoms with Crippen LogP contribution in [-0.4, -0.2) is 4.98 Å². The van der Waals surface area contributed by atoms with E-state index in [2.05, 4.69) is 41.5 Å². The predicted molar refractivity (Wildman–Crippen MR) is 67.2 cm³/mol. The number of pyridine rings is 1. The lowest BCUT2D eigenvalue weighted by Crippen LogP contribution is -2.03. The van der Waals surface area contributed by atoms with Crippen LogP contribution >= 0.6 is 0 Å². The van der Waals surface area contributed by atoms with E-state index < -0.39 is 0 Å². The van der Waals surface area contributed by atoms with E-state index in [0.29, 0.717) is 0 Å². The van der Waals surface area contributed by atoms with Crippen LogP contribution < -0.4 is 11.1 Å². The first-order valence-electron chi connectivity index (χ1n) is 5.24. The molecule has 0 aliphatic heterocycles. The van der Waals surface area contributed by atoms with E-state index in [1.165, 1.54) is 5.56 Å². The molecule has 3 nitrogen and oxygen atoms in total. The average molecular weight is 213 g/mol. The van der Waals surface area contributed by atoms with E-state index in [0.717, 1.165) is 23.5 Å². The van der Waals surface area contributed by atoms with Crippen molar-refractivity contribution in [3.8, 4) is 0 Å². The zero-order valence-corrected chi connectivity index (χ0v) is 9.27. The Balaban J connectivity index is 2.02. The third kappa shape index (κ3) is 2.51. The van der Waals surface area contributed by atoms with Crippen molar-refractivity contribution in [2.75, 3.05) is 11.1 Å². The van der Waals surface area contributed by atoms with Gasteiger partial charge in [-0.05, 0) is 30.7 Å². The molecule has 16 heavy (non-hydrogen) atoms. The Bertz CT molecular complexity index is 463. The highest BCUT2D eigenvalue weighted by molar-refractivity contribution is 5.49. The number of nitrogens with one attached hydrogen (secondary N) is 1. The molecule has 0 radical (unpaired) electrons. The van der Waals surface area contributed by atoms with Gasteiger partial charge < -0.3 is 11.1 Å². The summed E-state index contributed by atoms with van der Waals surface area (Å²) in [4.78, 5) is 3.96. The molecule has 0 amide bonds. The number of benzene rings is 1. The van der Waals surface area contributed by atoms with Gasteiger partial charge in [-0.1, -0.05) is 17.7 Å². The lowest BCUT2D eigenvalue weighted by atomic mass is 10.2. The molecule has 3 heteroatoms. The fourth-order valence-corrected chi connectivity index (χ4v) is 1.47. The van der Waals surface area contributed by atoms with Crippen LogP contribution in [-0.2, 0) is 6.54 Å². The Hall–Kier alpha value is -2.03. The third-order valence-electron chi connectivity index (χ3n) is 2.48. The Labute approximate surface area is 95.3 Å². The molecule has 0 spiro atoms. The maximum absolute atomic E-state index is 5.81.